The molecule has 0 spiro atoms. The molecular formula is C18H23NO5. The second kappa shape index (κ2) is 6.33. The van der Waals surface area contributed by atoms with Crippen LogP contribution >= 0.6 is 0 Å². The average Bonchev–Trinajstić information content (AvgIpc) is 3.23. The fraction of sp³-hybridized carbons (Fsp3) is 0.667. The van der Waals surface area contributed by atoms with E-state index in [-0.39, 0.29) is 23.9 Å². The largest absolute Gasteiger partial charge is 0.455 e. The Balaban J connectivity index is 1.54. The Hall–Kier alpha value is -1.66. The van der Waals surface area contributed by atoms with Gasteiger partial charge in [0.1, 0.15) is 5.76 Å². The molecule has 0 radical (unpaired) electrons. The van der Waals surface area contributed by atoms with Crippen LogP contribution in [0.25, 0.3) is 0 Å². The molecule has 2 fully saturated rings. The number of Topliss-reactive ketones (excluding diaryl/α,β-unsaturated/α-hetero) is 1. The van der Waals surface area contributed by atoms with Crippen molar-refractivity contribution >= 4 is 11.7 Å². The van der Waals surface area contributed by atoms with Crippen LogP contribution in [0.1, 0.15) is 57.9 Å². The van der Waals surface area contributed by atoms with E-state index in [0.717, 1.165) is 25.7 Å². The smallest absolute Gasteiger partial charge is 0.289 e. The number of ether oxygens (including phenoxy) is 2. The summed E-state index contributed by atoms with van der Waals surface area (Å²) in [6, 6.07) is 0. The quantitative estimate of drug-likeness (QED) is 0.831. The molecule has 2 aliphatic heterocycles. The highest BCUT2D eigenvalue weighted by Crippen LogP contribution is 2.31. The summed E-state index contributed by atoms with van der Waals surface area (Å²) in [4.78, 5) is 26.9. The van der Waals surface area contributed by atoms with Crippen LogP contribution in [0, 0.1) is 12.8 Å². The van der Waals surface area contributed by atoms with E-state index < -0.39 is 0 Å². The van der Waals surface area contributed by atoms with Gasteiger partial charge in [-0.3, -0.25) is 9.59 Å². The molecular weight excluding hydrogens is 310 g/mol. The summed E-state index contributed by atoms with van der Waals surface area (Å²) in [6.07, 6.45) is 3.81. The highest BCUT2D eigenvalue weighted by Gasteiger charge is 2.36. The van der Waals surface area contributed by atoms with Gasteiger partial charge in [0.15, 0.2) is 17.8 Å². The zero-order valence-electron chi connectivity index (χ0n) is 14.0. The highest BCUT2D eigenvalue weighted by molar-refractivity contribution is 6.03. The molecule has 1 aromatic heterocycles. The standard InChI is InChI=1S/C18H23NO5/c1-11-15-13(20)5-2-6-14(15)24-16(11)17(21)19-7-3-4-12(10-19)18-22-8-9-23-18/h12,18H,2-10H2,1H3. The third-order valence-corrected chi connectivity index (χ3v) is 5.28. The summed E-state index contributed by atoms with van der Waals surface area (Å²) < 4.78 is 17.0. The first kappa shape index (κ1) is 15.8. The van der Waals surface area contributed by atoms with E-state index in [1.807, 2.05) is 11.8 Å². The van der Waals surface area contributed by atoms with Crippen LogP contribution in [0.4, 0.5) is 0 Å². The van der Waals surface area contributed by atoms with Crippen molar-refractivity contribution in [2.24, 2.45) is 5.92 Å². The monoisotopic (exact) mass is 333 g/mol. The molecule has 3 heterocycles. The Kier molecular flexibility index (Phi) is 4.18. The van der Waals surface area contributed by atoms with Crippen molar-refractivity contribution in [1.82, 2.24) is 4.90 Å². The van der Waals surface area contributed by atoms with Crippen molar-refractivity contribution in [1.29, 1.82) is 0 Å². The van der Waals surface area contributed by atoms with Crippen LogP contribution < -0.4 is 0 Å². The van der Waals surface area contributed by atoms with Crippen molar-refractivity contribution in [3.05, 3.63) is 22.6 Å². The van der Waals surface area contributed by atoms with E-state index >= 15 is 0 Å². The summed E-state index contributed by atoms with van der Waals surface area (Å²) >= 11 is 0. The molecule has 3 aliphatic rings. The predicted octanol–water partition coefficient (Wildman–Crippen LogP) is 2.33. The predicted molar refractivity (Wildman–Crippen MR) is 85.0 cm³/mol. The van der Waals surface area contributed by atoms with Crippen LogP contribution in [0.5, 0.6) is 0 Å². The molecule has 0 aromatic carbocycles. The molecule has 4 rings (SSSR count). The Morgan fingerprint density at radius 1 is 1.17 bits per heavy atom. The number of nitrogens with zero attached hydrogens (tertiary/aromatic N) is 1. The van der Waals surface area contributed by atoms with E-state index in [1.54, 1.807) is 0 Å². The van der Waals surface area contributed by atoms with Gasteiger partial charge in [-0.1, -0.05) is 0 Å². The average molecular weight is 333 g/mol. The molecule has 0 bridgehead atoms. The summed E-state index contributed by atoms with van der Waals surface area (Å²) in [5.74, 6) is 1.21. The number of likely N-dealkylation sites (tertiary alicyclic amines) is 1. The van der Waals surface area contributed by atoms with E-state index in [0.29, 0.717) is 55.4 Å². The van der Waals surface area contributed by atoms with Gasteiger partial charge < -0.3 is 18.8 Å². The van der Waals surface area contributed by atoms with Gasteiger partial charge >= 0.3 is 0 Å². The Morgan fingerprint density at radius 2 is 1.96 bits per heavy atom. The lowest BCUT2D eigenvalue weighted by Crippen LogP contribution is -2.43. The number of amides is 1. The molecule has 1 atom stereocenters. The first-order chi connectivity index (χ1) is 11.6. The number of ketones is 1. The summed E-state index contributed by atoms with van der Waals surface area (Å²) in [6.45, 7) is 4.40. The van der Waals surface area contributed by atoms with Crippen molar-refractivity contribution in [2.75, 3.05) is 26.3 Å². The third-order valence-electron chi connectivity index (χ3n) is 5.28. The zero-order valence-corrected chi connectivity index (χ0v) is 14.0. The fourth-order valence-electron chi connectivity index (χ4n) is 4.06. The van der Waals surface area contributed by atoms with E-state index in [4.69, 9.17) is 13.9 Å². The normalized spacial score (nSPS) is 25.1. The maximum absolute atomic E-state index is 12.9. The van der Waals surface area contributed by atoms with Crippen LogP contribution in [-0.4, -0.2) is 49.2 Å². The topological polar surface area (TPSA) is 69.0 Å². The van der Waals surface area contributed by atoms with E-state index in [9.17, 15) is 9.59 Å². The highest BCUT2D eigenvalue weighted by atomic mass is 16.7. The fourth-order valence-corrected chi connectivity index (χ4v) is 4.06. The summed E-state index contributed by atoms with van der Waals surface area (Å²) in [5, 5.41) is 0. The molecule has 24 heavy (non-hydrogen) atoms. The van der Waals surface area contributed by atoms with Crippen molar-refractivity contribution in [3.63, 3.8) is 0 Å². The second-order valence-electron chi connectivity index (χ2n) is 6.89. The van der Waals surface area contributed by atoms with Gasteiger partial charge in [-0.2, -0.15) is 0 Å². The van der Waals surface area contributed by atoms with Gasteiger partial charge in [-0.25, -0.2) is 0 Å². The van der Waals surface area contributed by atoms with Gasteiger partial charge in [0.25, 0.3) is 5.91 Å². The summed E-state index contributed by atoms with van der Waals surface area (Å²) in [7, 11) is 0. The van der Waals surface area contributed by atoms with Crippen LogP contribution in [0.15, 0.2) is 4.42 Å². The number of hydrogen-bond donors (Lipinski definition) is 0. The minimum atomic E-state index is -0.201. The first-order valence-corrected chi connectivity index (χ1v) is 8.83. The van der Waals surface area contributed by atoms with E-state index in [1.165, 1.54) is 0 Å². The number of furan rings is 1. The van der Waals surface area contributed by atoms with Crippen LogP contribution in [0.2, 0.25) is 0 Å². The number of aryl methyl sites for hydroxylation is 1. The van der Waals surface area contributed by atoms with Crippen LogP contribution in [0.3, 0.4) is 0 Å². The number of carbonyl (C=O) groups is 2. The number of hydrogen-bond acceptors (Lipinski definition) is 5. The van der Waals surface area contributed by atoms with E-state index in [2.05, 4.69) is 0 Å². The van der Waals surface area contributed by atoms with Gasteiger partial charge in [0.05, 0.1) is 18.8 Å². The van der Waals surface area contributed by atoms with Gasteiger partial charge in [-0.15, -0.1) is 0 Å². The van der Waals surface area contributed by atoms with Crippen molar-refractivity contribution in [2.45, 2.75) is 45.3 Å². The molecule has 130 valence electrons. The Labute approximate surface area is 141 Å². The Bertz CT molecular complexity index is 659. The molecule has 2 saturated heterocycles. The molecule has 1 aromatic rings. The first-order valence-electron chi connectivity index (χ1n) is 8.83. The SMILES string of the molecule is Cc1c(C(=O)N2CCCC(C3OCCO3)C2)oc2c1C(=O)CCC2. The second-order valence-corrected chi connectivity index (χ2v) is 6.89. The maximum atomic E-state index is 12.9. The van der Waals surface area contributed by atoms with Crippen molar-refractivity contribution < 1.29 is 23.5 Å². The third kappa shape index (κ3) is 2.67. The minimum absolute atomic E-state index is 0.0980. The molecule has 1 amide bonds. The molecule has 0 N–H and O–H groups in total. The number of rotatable bonds is 2. The lowest BCUT2D eigenvalue weighted by molar-refractivity contribution is -0.0970. The van der Waals surface area contributed by atoms with Gasteiger partial charge in [0, 0.05) is 37.4 Å². The number of piperidine rings is 1. The van der Waals surface area contributed by atoms with Gasteiger partial charge in [0.2, 0.25) is 0 Å². The molecule has 1 aliphatic carbocycles. The Morgan fingerprint density at radius 3 is 2.71 bits per heavy atom. The summed E-state index contributed by atoms with van der Waals surface area (Å²) in [5.41, 5.74) is 1.34. The lowest BCUT2D eigenvalue weighted by Gasteiger charge is -2.34. The van der Waals surface area contributed by atoms with Crippen LogP contribution in [-0.2, 0) is 15.9 Å². The molecule has 1 unspecified atom stereocenters. The maximum Gasteiger partial charge on any atom is 0.289 e. The van der Waals surface area contributed by atoms with Crippen molar-refractivity contribution in [3.8, 4) is 0 Å². The minimum Gasteiger partial charge on any atom is -0.455 e. The molecule has 6 nitrogen and oxygen atoms in total. The zero-order chi connectivity index (χ0) is 16.7. The number of carbonyl (C=O) groups excluding carboxylic acids is 2. The lowest BCUT2D eigenvalue weighted by atomic mass is 9.93. The molecule has 0 saturated carbocycles. The molecule has 6 heteroatoms. The van der Waals surface area contributed by atoms with Gasteiger partial charge in [-0.05, 0) is 26.2 Å². The number of fused-ring (bicyclic) bond motifs is 1.